The average molecular weight is 449 g/mol. The van der Waals surface area contributed by atoms with Crippen LogP contribution in [0.2, 0.25) is 0 Å². The van der Waals surface area contributed by atoms with Gasteiger partial charge in [-0.15, -0.1) is 0 Å². The smallest absolute Gasteiger partial charge is 0.224 e. The molecule has 6 heterocycles. The van der Waals surface area contributed by atoms with Gasteiger partial charge in [0, 0.05) is 58.0 Å². The molecule has 0 spiro atoms. The van der Waals surface area contributed by atoms with E-state index < -0.39 is 0 Å². The molecular weight excluding hydrogens is 430 g/mol. The van der Waals surface area contributed by atoms with E-state index in [1.165, 1.54) is 0 Å². The molecule has 3 N–H and O–H groups in total. The van der Waals surface area contributed by atoms with E-state index in [0.717, 1.165) is 50.1 Å². The van der Waals surface area contributed by atoms with E-state index in [4.69, 9.17) is 4.42 Å². The van der Waals surface area contributed by atoms with Gasteiger partial charge in [-0.3, -0.25) is 19.9 Å². The van der Waals surface area contributed by atoms with Crippen LogP contribution in [0.1, 0.15) is 13.3 Å². The van der Waals surface area contributed by atoms with E-state index >= 15 is 0 Å². The highest BCUT2D eigenvalue weighted by Gasteiger charge is 2.16. The summed E-state index contributed by atoms with van der Waals surface area (Å²) in [6.07, 6.45) is 10.6. The number of carbonyl (C=O) groups excluding carboxylic acids is 1. The number of furan rings is 1. The first-order valence-electron chi connectivity index (χ1n) is 10.8. The van der Waals surface area contributed by atoms with Crippen LogP contribution < -0.4 is 5.32 Å². The predicted octanol–water partition coefficient (Wildman–Crippen LogP) is 5.17. The molecule has 1 amide bonds. The quantitative estimate of drug-likeness (QED) is 0.333. The molecule has 166 valence electrons. The number of hydrogen-bond acceptors (Lipinski definition) is 6. The van der Waals surface area contributed by atoms with Crippen molar-refractivity contribution in [1.29, 1.82) is 0 Å². The summed E-state index contributed by atoms with van der Waals surface area (Å²) in [6.45, 7) is 1.81. The number of amides is 1. The summed E-state index contributed by atoms with van der Waals surface area (Å²) in [5.41, 5.74) is 7.37. The Morgan fingerprint density at radius 2 is 1.94 bits per heavy atom. The zero-order valence-corrected chi connectivity index (χ0v) is 18.2. The van der Waals surface area contributed by atoms with Crippen molar-refractivity contribution >= 4 is 33.5 Å². The number of H-pyrrole nitrogens is 2. The molecule has 9 heteroatoms. The van der Waals surface area contributed by atoms with Gasteiger partial charge in [-0.25, -0.2) is 4.98 Å². The lowest BCUT2D eigenvalue weighted by atomic mass is 10.1. The fraction of sp³-hybridized carbons (Fsp3) is 0.0800. The Kier molecular flexibility index (Phi) is 4.65. The molecule has 6 aromatic rings. The minimum absolute atomic E-state index is 0.0623. The zero-order valence-electron chi connectivity index (χ0n) is 18.2. The topological polar surface area (TPSA) is 125 Å². The van der Waals surface area contributed by atoms with Crippen LogP contribution in [-0.4, -0.2) is 36.0 Å². The van der Waals surface area contributed by atoms with Crippen molar-refractivity contribution in [3.8, 4) is 33.8 Å². The summed E-state index contributed by atoms with van der Waals surface area (Å²) in [5.74, 6) is -0.0623. The first-order chi connectivity index (χ1) is 16.7. The molecule has 6 rings (SSSR count). The van der Waals surface area contributed by atoms with Gasteiger partial charge in [-0.2, -0.15) is 5.10 Å². The van der Waals surface area contributed by atoms with Crippen molar-refractivity contribution in [3.63, 3.8) is 0 Å². The van der Waals surface area contributed by atoms with Gasteiger partial charge < -0.3 is 14.7 Å². The molecule has 34 heavy (non-hydrogen) atoms. The van der Waals surface area contributed by atoms with Crippen LogP contribution in [-0.2, 0) is 4.79 Å². The summed E-state index contributed by atoms with van der Waals surface area (Å²) in [5, 5.41) is 12.2. The number of aromatic nitrogens is 6. The molecule has 0 unspecified atom stereocenters. The summed E-state index contributed by atoms with van der Waals surface area (Å²) < 4.78 is 5.24. The summed E-state index contributed by atoms with van der Waals surface area (Å²) in [4.78, 5) is 28.6. The molecule has 0 aromatic carbocycles. The number of fused-ring (bicyclic) bond motifs is 2. The van der Waals surface area contributed by atoms with Crippen molar-refractivity contribution in [2.45, 2.75) is 13.3 Å². The number of aromatic amines is 2. The second-order valence-corrected chi connectivity index (χ2v) is 7.87. The molecule has 0 bridgehead atoms. The minimum atomic E-state index is -0.0623. The Labute approximate surface area is 193 Å². The summed E-state index contributed by atoms with van der Waals surface area (Å²) in [6, 6.07) is 9.78. The second kappa shape index (κ2) is 7.96. The maximum atomic E-state index is 11.8. The van der Waals surface area contributed by atoms with Gasteiger partial charge in [0.25, 0.3) is 0 Å². The van der Waals surface area contributed by atoms with Gasteiger partial charge in [0.05, 0.1) is 41.5 Å². The third-order valence-corrected chi connectivity index (χ3v) is 5.70. The molecular formula is C25H19N7O2. The number of anilines is 1. The molecule has 6 aromatic heterocycles. The SMILES string of the molecule is CCC(=O)Nc1cncc(-c2cnc3n[nH]c(-c4cc5c(-c6ccoc6)nccc5[nH]4)c3c2)c1. The van der Waals surface area contributed by atoms with Crippen LogP contribution >= 0.6 is 0 Å². The van der Waals surface area contributed by atoms with Crippen molar-refractivity contribution in [2.75, 3.05) is 5.32 Å². The minimum Gasteiger partial charge on any atom is -0.472 e. The Morgan fingerprint density at radius 3 is 2.79 bits per heavy atom. The van der Waals surface area contributed by atoms with Crippen LogP contribution in [0.4, 0.5) is 5.69 Å². The van der Waals surface area contributed by atoms with E-state index in [1.54, 1.807) is 37.3 Å². The number of nitrogens with one attached hydrogen (secondary N) is 3. The Hall–Kier alpha value is -4.79. The summed E-state index contributed by atoms with van der Waals surface area (Å²) in [7, 11) is 0. The lowest BCUT2D eigenvalue weighted by molar-refractivity contribution is -0.115. The molecule has 0 fully saturated rings. The molecule has 0 aliphatic heterocycles. The van der Waals surface area contributed by atoms with E-state index in [-0.39, 0.29) is 5.91 Å². The predicted molar refractivity (Wildman–Crippen MR) is 129 cm³/mol. The fourth-order valence-corrected chi connectivity index (χ4v) is 4.00. The largest absolute Gasteiger partial charge is 0.472 e. The number of nitrogens with zero attached hydrogens (tertiary/aromatic N) is 4. The monoisotopic (exact) mass is 449 g/mol. The third kappa shape index (κ3) is 3.39. The lowest BCUT2D eigenvalue weighted by Gasteiger charge is -2.06. The number of pyridine rings is 3. The van der Waals surface area contributed by atoms with Crippen LogP contribution in [0.15, 0.2) is 72.1 Å². The first-order valence-corrected chi connectivity index (χ1v) is 10.8. The van der Waals surface area contributed by atoms with E-state index in [1.807, 2.05) is 37.3 Å². The van der Waals surface area contributed by atoms with Crippen LogP contribution in [0.3, 0.4) is 0 Å². The Balaban J connectivity index is 1.43. The number of carbonyl (C=O) groups is 1. The fourth-order valence-electron chi connectivity index (χ4n) is 4.00. The van der Waals surface area contributed by atoms with Crippen LogP contribution in [0.5, 0.6) is 0 Å². The second-order valence-electron chi connectivity index (χ2n) is 7.87. The standard InChI is InChI=1S/C25H19N7O2/c1-2-22(33)29-17-7-15(10-26-12-17)16-8-19-24(31-32-25(19)28-11-16)21-9-18-20(30-21)3-5-27-23(18)14-4-6-34-13-14/h3-13,30H,2H2,1H3,(H,29,33)(H,28,31,32). The maximum absolute atomic E-state index is 11.8. The normalized spacial score (nSPS) is 11.3. The van der Waals surface area contributed by atoms with E-state index in [0.29, 0.717) is 17.8 Å². The van der Waals surface area contributed by atoms with Gasteiger partial charge in [0.15, 0.2) is 5.65 Å². The van der Waals surface area contributed by atoms with Crippen molar-refractivity contribution < 1.29 is 9.21 Å². The van der Waals surface area contributed by atoms with Gasteiger partial charge in [0.2, 0.25) is 5.91 Å². The average Bonchev–Trinajstić information content (AvgIpc) is 3.62. The van der Waals surface area contributed by atoms with Gasteiger partial charge in [0.1, 0.15) is 0 Å². The Morgan fingerprint density at radius 1 is 1.03 bits per heavy atom. The van der Waals surface area contributed by atoms with Gasteiger partial charge >= 0.3 is 0 Å². The zero-order chi connectivity index (χ0) is 23.1. The third-order valence-electron chi connectivity index (χ3n) is 5.70. The molecule has 0 atom stereocenters. The lowest BCUT2D eigenvalue weighted by Crippen LogP contribution is -2.09. The molecule has 0 radical (unpaired) electrons. The Bertz CT molecular complexity index is 1650. The van der Waals surface area contributed by atoms with Crippen molar-refractivity contribution in [2.24, 2.45) is 0 Å². The van der Waals surface area contributed by atoms with Crippen molar-refractivity contribution in [3.05, 3.63) is 67.6 Å². The highest BCUT2D eigenvalue weighted by atomic mass is 16.3. The molecule has 0 saturated heterocycles. The van der Waals surface area contributed by atoms with E-state index in [9.17, 15) is 4.79 Å². The van der Waals surface area contributed by atoms with Crippen molar-refractivity contribution in [1.82, 2.24) is 30.1 Å². The number of rotatable bonds is 5. The molecule has 0 aliphatic rings. The molecule has 0 aliphatic carbocycles. The maximum Gasteiger partial charge on any atom is 0.224 e. The van der Waals surface area contributed by atoms with Crippen LogP contribution in [0.25, 0.3) is 55.7 Å². The summed E-state index contributed by atoms with van der Waals surface area (Å²) >= 11 is 0. The van der Waals surface area contributed by atoms with Crippen LogP contribution in [0, 0.1) is 0 Å². The van der Waals surface area contributed by atoms with Gasteiger partial charge in [-0.1, -0.05) is 6.92 Å². The molecule has 9 nitrogen and oxygen atoms in total. The number of hydrogen-bond donors (Lipinski definition) is 3. The highest BCUT2D eigenvalue weighted by molar-refractivity contribution is 6.00. The first kappa shape index (κ1) is 19.9. The van der Waals surface area contributed by atoms with E-state index in [2.05, 4.69) is 35.5 Å². The van der Waals surface area contributed by atoms with Gasteiger partial charge in [-0.05, 0) is 30.3 Å². The highest BCUT2D eigenvalue weighted by Crippen LogP contribution is 2.34. The molecule has 0 saturated carbocycles.